The molecule has 1 saturated carbocycles. The van der Waals surface area contributed by atoms with E-state index in [1.807, 2.05) is 0 Å². The van der Waals surface area contributed by atoms with Crippen molar-refractivity contribution in [3.05, 3.63) is 0 Å². The molecular weight excluding hydrogens is 136 g/mol. The topological polar surface area (TPSA) is 24.1 Å². The van der Waals surface area contributed by atoms with Gasteiger partial charge in [-0.15, -0.1) is 0 Å². The second-order valence-electron chi connectivity index (χ2n) is 3.94. The van der Waals surface area contributed by atoms with Crippen molar-refractivity contribution in [2.75, 3.05) is 19.6 Å². The fraction of sp³-hybridized carbons (Fsp3) is 1.00. The molecule has 1 saturated heterocycles. The molecule has 2 nitrogen and oxygen atoms in total. The SMILES string of the molecule is CCC1CC1NCC1CNC1. The molecule has 1 aliphatic carbocycles. The van der Waals surface area contributed by atoms with Crippen LogP contribution in [0.2, 0.25) is 0 Å². The highest BCUT2D eigenvalue weighted by molar-refractivity contribution is 4.93. The van der Waals surface area contributed by atoms with Crippen LogP contribution in [0.5, 0.6) is 0 Å². The highest BCUT2D eigenvalue weighted by atomic mass is 15.0. The number of rotatable bonds is 4. The van der Waals surface area contributed by atoms with Crippen LogP contribution < -0.4 is 10.6 Å². The van der Waals surface area contributed by atoms with E-state index in [1.54, 1.807) is 0 Å². The lowest BCUT2D eigenvalue weighted by atomic mass is 10.0. The molecule has 2 unspecified atom stereocenters. The second kappa shape index (κ2) is 3.11. The van der Waals surface area contributed by atoms with Gasteiger partial charge in [0.1, 0.15) is 0 Å². The minimum absolute atomic E-state index is 0.876. The van der Waals surface area contributed by atoms with E-state index in [4.69, 9.17) is 0 Å². The van der Waals surface area contributed by atoms with Crippen molar-refractivity contribution >= 4 is 0 Å². The molecule has 2 atom stereocenters. The molecule has 1 aliphatic heterocycles. The molecule has 64 valence electrons. The van der Waals surface area contributed by atoms with Gasteiger partial charge in [-0.3, -0.25) is 0 Å². The maximum atomic E-state index is 3.62. The summed E-state index contributed by atoms with van der Waals surface area (Å²) in [6.45, 7) is 6.00. The van der Waals surface area contributed by atoms with Crippen LogP contribution in [0.3, 0.4) is 0 Å². The highest BCUT2D eigenvalue weighted by Gasteiger charge is 2.35. The smallest absolute Gasteiger partial charge is 0.00991 e. The summed E-state index contributed by atoms with van der Waals surface area (Å²) in [7, 11) is 0. The third kappa shape index (κ3) is 1.74. The van der Waals surface area contributed by atoms with Crippen molar-refractivity contribution in [3.8, 4) is 0 Å². The first kappa shape index (κ1) is 7.56. The first-order valence-corrected chi connectivity index (χ1v) is 4.84. The summed E-state index contributed by atoms with van der Waals surface area (Å²) in [5, 5.41) is 6.91. The Labute approximate surface area is 68.7 Å². The van der Waals surface area contributed by atoms with Crippen LogP contribution in [0.25, 0.3) is 0 Å². The van der Waals surface area contributed by atoms with Crippen LogP contribution >= 0.6 is 0 Å². The molecule has 11 heavy (non-hydrogen) atoms. The van der Waals surface area contributed by atoms with Gasteiger partial charge in [0.25, 0.3) is 0 Å². The minimum Gasteiger partial charge on any atom is -0.316 e. The molecule has 0 aromatic rings. The van der Waals surface area contributed by atoms with E-state index in [0.29, 0.717) is 0 Å². The van der Waals surface area contributed by atoms with Crippen LogP contribution in [-0.2, 0) is 0 Å². The van der Waals surface area contributed by atoms with E-state index in [2.05, 4.69) is 17.6 Å². The van der Waals surface area contributed by atoms with E-state index in [9.17, 15) is 0 Å². The number of nitrogens with one attached hydrogen (secondary N) is 2. The Hall–Kier alpha value is -0.0800. The molecule has 2 rings (SSSR count). The Morgan fingerprint density at radius 3 is 2.73 bits per heavy atom. The van der Waals surface area contributed by atoms with Gasteiger partial charge in [0.2, 0.25) is 0 Å². The largest absolute Gasteiger partial charge is 0.316 e. The van der Waals surface area contributed by atoms with Gasteiger partial charge < -0.3 is 10.6 Å². The summed E-state index contributed by atoms with van der Waals surface area (Å²) in [6, 6.07) is 0.876. The molecule has 0 amide bonds. The predicted molar refractivity (Wildman–Crippen MR) is 46.5 cm³/mol. The van der Waals surface area contributed by atoms with Crippen molar-refractivity contribution < 1.29 is 0 Å². The molecule has 0 bridgehead atoms. The molecule has 2 fully saturated rings. The fourth-order valence-electron chi connectivity index (χ4n) is 1.76. The molecule has 1 heterocycles. The lowest BCUT2D eigenvalue weighted by Gasteiger charge is -2.27. The van der Waals surface area contributed by atoms with Crippen molar-refractivity contribution in [3.63, 3.8) is 0 Å². The lowest BCUT2D eigenvalue weighted by molar-refractivity contribution is 0.328. The summed E-state index contributed by atoms with van der Waals surface area (Å²) in [5.41, 5.74) is 0. The second-order valence-corrected chi connectivity index (χ2v) is 3.94. The Morgan fingerprint density at radius 2 is 2.27 bits per heavy atom. The zero-order chi connectivity index (χ0) is 7.68. The van der Waals surface area contributed by atoms with E-state index >= 15 is 0 Å². The summed E-state index contributed by atoms with van der Waals surface area (Å²) >= 11 is 0. The number of hydrogen-bond donors (Lipinski definition) is 2. The highest BCUT2D eigenvalue weighted by Crippen LogP contribution is 2.33. The molecule has 0 spiro atoms. The van der Waals surface area contributed by atoms with Gasteiger partial charge >= 0.3 is 0 Å². The van der Waals surface area contributed by atoms with Crippen LogP contribution in [0.1, 0.15) is 19.8 Å². The monoisotopic (exact) mass is 154 g/mol. The molecule has 2 aliphatic rings. The molecule has 0 radical (unpaired) electrons. The summed E-state index contributed by atoms with van der Waals surface area (Å²) in [6.07, 6.45) is 2.79. The first-order valence-electron chi connectivity index (χ1n) is 4.84. The first-order chi connectivity index (χ1) is 5.40. The Balaban J connectivity index is 1.54. The summed E-state index contributed by atoms with van der Waals surface area (Å²) in [5.74, 6) is 1.93. The van der Waals surface area contributed by atoms with E-state index < -0.39 is 0 Å². The molecule has 0 aromatic carbocycles. The average molecular weight is 154 g/mol. The van der Waals surface area contributed by atoms with Gasteiger partial charge in [-0.1, -0.05) is 13.3 Å². The predicted octanol–water partition coefficient (Wildman–Crippen LogP) is 0.594. The van der Waals surface area contributed by atoms with Crippen molar-refractivity contribution in [1.29, 1.82) is 0 Å². The standard InChI is InChI=1S/C9H18N2/c1-2-8-3-9(8)11-6-7-4-10-5-7/h7-11H,2-6H2,1H3. The quantitative estimate of drug-likeness (QED) is 0.619. The van der Waals surface area contributed by atoms with Gasteiger partial charge in [-0.05, 0) is 18.3 Å². The van der Waals surface area contributed by atoms with Gasteiger partial charge in [-0.2, -0.15) is 0 Å². The molecular formula is C9H18N2. The van der Waals surface area contributed by atoms with Crippen LogP contribution in [-0.4, -0.2) is 25.7 Å². The Bertz CT molecular complexity index is 132. The van der Waals surface area contributed by atoms with Gasteiger partial charge in [0.15, 0.2) is 0 Å². The fourth-order valence-corrected chi connectivity index (χ4v) is 1.76. The Morgan fingerprint density at radius 1 is 1.45 bits per heavy atom. The van der Waals surface area contributed by atoms with Crippen molar-refractivity contribution in [2.45, 2.75) is 25.8 Å². The minimum atomic E-state index is 0.876. The third-order valence-electron chi connectivity index (χ3n) is 2.98. The third-order valence-corrected chi connectivity index (χ3v) is 2.98. The van der Waals surface area contributed by atoms with E-state index in [1.165, 1.54) is 32.5 Å². The lowest BCUT2D eigenvalue weighted by Crippen LogP contribution is -2.47. The summed E-state index contributed by atoms with van der Waals surface area (Å²) < 4.78 is 0. The zero-order valence-corrected chi connectivity index (χ0v) is 7.27. The van der Waals surface area contributed by atoms with E-state index in [-0.39, 0.29) is 0 Å². The number of hydrogen-bond acceptors (Lipinski definition) is 2. The maximum Gasteiger partial charge on any atom is 0.00991 e. The normalized spacial score (nSPS) is 36.8. The van der Waals surface area contributed by atoms with Crippen LogP contribution in [0.15, 0.2) is 0 Å². The van der Waals surface area contributed by atoms with Gasteiger partial charge in [-0.25, -0.2) is 0 Å². The zero-order valence-electron chi connectivity index (χ0n) is 7.27. The van der Waals surface area contributed by atoms with E-state index in [0.717, 1.165) is 17.9 Å². The van der Waals surface area contributed by atoms with Crippen molar-refractivity contribution in [1.82, 2.24) is 10.6 Å². The Kier molecular flexibility index (Phi) is 2.14. The van der Waals surface area contributed by atoms with Gasteiger partial charge in [0.05, 0.1) is 0 Å². The maximum absolute atomic E-state index is 3.62. The van der Waals surface area contributed by atoms with Crippen LogP contribution in [0, 0.1) is 11.8 Å². The van der Waals surface area contributed by atoms with Crippen LogP contribution in [0.4, 0.5) is 0 Å². The molecule has 0 aromatic heterocycles. The average Bonchev–Trinajstić information content (AvgIpc) is 2.64. The van der Waals surface area contributed by atoms with Gasteiger partial charge in [0, 0.05) is 25.7 Å². The molecule has 2 N–H and O–H groups in total. The molecule has 2 heteroatoms. The summed E-state index contributed by atoms with van der Waals surface area (Å²) in [4.78, 5) is 0. The van der Waals surface area contributed by atoms with Crippen molar-refractivity contribution in [2.24, 2.45) is 11.8 Å².